The van der Waals surface area contributed by atoms with Crippen molar-refractivity contribution in [3.63, 3.8) is 0 Å². The highest BCUT2D eigenvalue weighted by Crippen LogP contribution is 2.32. The van der Waals surface area contributed by atoms with E-state index in [0.717, 1.165) is 22.0 Å². The van der Waals surface area contributed by atoms with E-state index in [4.69, 9.17) is 5.26 Å². The van der Waals surface area contributed by atoms with Crippen LogP contribution in [0.25, 0.3) is 22.0 Å². The number of para-hydroxylation sites is 1. The Bertz CT molecular complexity index is 974. The number of nitriles is 1. The molecular formula is C19H16N4O. The van der Waals surface area contributed by atoms with Gasteiger partial charge in [0.05, 0.1) is 11.2 Å². The number of benzene rings is 1. The van der Waals surface area contributed by atoms with Gasteiger partial charge in [-0.1, -0.05) is 17.7 Å². The molecule has 118 valence electrons. The highest BCUT2D eigenvalue weighted by Gasteiger charge is 2.14. The van der Waals surface area contributed by atoms with Crippen molar-refractivity contribution in [1.29, 1.82) is 5.26 Å². The number of hydrogen-bond acceptors (Lipinski definition) is 3. The molecule has 5 heteroatoms. The number of allylic oxidation sites excluding steroid dienone is 1. The van der Waals surface area contributed by atoms with Crippen LogP contribution in [0.1, 0.15) is 13.8 Å². The van der Waals surface area contributed by atoms with E-state index in [1.807, 2.05) is 42.6 Å². The van der Waals surface area contributed by atoms with Crippen molar-refractivity contribution in [1.82, 2.24) is 9.97 Å². The van der Waals surface area contributed by atoms with Crippen molar-refractivity contribution >= 4 is 22.5 Å². The zero-order chi connectivity index (χ0) is 17.1. The molecule has 1 aromatic carbocycles. The number of nitrogens with zero attached hydrogens (tertiary/aromatic N) is 2. The predicted molar refractivity (Wildman–Crippen MR) is 94.1 cm³/mol. The van der Waals surface area contributed by atoms with Gasteiger partial charge in [0.2, 0.25) is 0 Å². The maximum absolute atomic E-state index is 12.3. The number of hydrogen-bond donors (Lipinski definition) is 2. The fraction of sp³-hybridized carbons (Fsp3) is 0.105. The second-order valence-electron chi connectivity index (χ2n) is 5.61. The number of aromatic nitrogens is 2. The molecule has 0 spiro atoms. The molecule has 0 saturated carbocycles. The van der Waals surface area contributed by atoms with Crippen LogP contribution < -0.4 is 5.32 Å². The van der Waals surface area contributed by atoms with Crippen molar-refractivity contribution in [3.8, 4) is 17.2 Å². The summed E-state index contributed by atoms with van der Waals surface area (Å²) in [6.45, 7) is 3.49. The minimum absolute atomic E-state index is 0.132. The largest absolute Gasteiger partial charge is 0.359 e. The van der Waals surface area contributed by atoms with Crippen molar-refractivity contribution in [3.05, 3.63) is 60.1 Å². The van der Waals surface area contributed by atoms with Gasteiger partial charge in [-0.3, -0.25) is 9.78 Å². The lowest BCUT2D eigenvalue weighted by Crippen LogP contribution is -2.14. The lowest BCUT2D eigenvalue weighted by Gasteiger charge is -2.07. The molecule has 2 N–H and O–H groups in total. The molecule has 5 nitrogen and oxygen atoms in total. The van der Waals surface area contributed by atoms with E-state index in [0.29, 0.717) is 11.3 Å². The number of pyridine rings is 1. The van der Waals surface area contributed by atoms with Gasteiger partial charge in [0.15, 0.2) is 0 Å². The van der Waals surface area contributed by atoms with Crippen LogP contribution in [0.4, 0.5) is 5.69 Å². The summed E-state index contributed by atoms with van der Waals surface area (Å²) >= 11 is 0. The number of carbonyl (C=O) groups is 1. The van der Waals surface area contributed by atoms with Gasteiger partial charge in [0.25, 0.3) is 5.91 Å². The zero-order valence-electron chi connectivity index (χ0n) is 13.4. The third-order valence-corrected chi connectivity index (χ3v) is 3.79. The van der Waals surface area contributed by atoms with E-state index in [-0.39, 0.29) is 5.57 Å². The highest BCUT2D eigenvalue weighted by molar-refractivity contribution is 6.12. The summed E-state index contributed by atoms with van der Waals surface area (Å²) in [6.07, 6.45) is 5.39. The van der Waals surface area contributed by atoms with Crippen molar-refractivity contribution in [2.45, 2.75) is 13.8 Å². The summed E-state index contributed by atoms with van der Waals surface area (Å²) in [5, 5.41) is 12.9. The van der Waals surface area contributed by atoms with Crippen LogP contribution in [0.3, 0.4) is 0 Å². The summed E-state index contributed by atoms with van der Waals surface area (Å²) in [6, 6.07) is 11.5. The molecule has 2 aromatic heterocycles. The smallest absolute Gasteiger partial charge is 0.266 e. The van der Waals surface area contributed by atoms with E-state index in [1.54, 1.807) is 26.2 Å². The Labute approximate surface area is 139 Å². The number of fused-ring (bicyclic) bond motifs is 1. The minimum atomic E-state index is -0.398. The molecule has 2 heterocycles. The van der Waals surface area contributed by atoms with E-state index in [1.165, 1.54) is 0 Å². The molecule has 0 aliphatic heterocycles. The lowest BCUT2D eigenvalue weighted by molar-refractivity contribution is -0.112. The minimum Gasteiger partial charge on any atom is -0.359 e. The third-order valence-electron chi connectivity index (χ3n) is 3.79. The van der Waals surface area contributed by atoms with Gasteiger partial charge < -0.3 is 10.3 Å². The lowest BCUT2D eigenvalue weighted by atomic mass is 10.1. The number of aromatic amines is 1. The number of carbonyl (C=O) groups excluding carboxylic acids is 1. The van der Waals surface area contributed by atoms with Gasteiger partial charge in [-0.15, -0.1) is 0 Å². The van der Waals surface area contributed by atoms with E-state index in [2.05, 4.69) is 15.3 Å². The first-order valence-electron chi connectivity index (χ1n) is 7.51. The standard InChI is InChI=1S/C19H16N4O/c1-12(2)15(10-20)19(24)23-17-5-3-4-14-16(11-22-18(14)17)13-6-8-21-9-7-13/h3-9,11,22H,1-2H3,(H,23,24). The zero-order valence-corrected chi connectivity index (χ0v) is 13.4. The van der Waals surface area contributed by atoms with E-state index < -0.39 is 5.91 Å². The second-order valence-corrected chi connectivity index (χ2v) is 5.61. The fourth-order valence-electron chi connectivity index (χ4n) is 2.60. The van der Waals surface area contributed by atoms with Gasteiger partial charge in [-0.25, -0.2) is 0 Å². The Balaban J connectivity index is 2.03. The Hall–Kier alpha value is -3.39. The first-order chi connectivity index (χ1) is 11.6. The van der Waals surface area contributed by atoms with E-state index in [9.17, 15) is 4.79 Å². The molecule has 0 aliphatic carbocycles. The van der Waals surface area contributed by atoms with Crippen molar-refractivity contribution < 1.29 is 4.79 Å². The van der Waals surface area contributed by atoms with Crippen LogP contribution in [0.5, 0.6) is 0 Å². The quantitative estimate of drug-likeness (QED) is 0.565. The van der Waals surface area contributed by atoms with Crippen LogP contribution in [0.2, 0.25) is 0 Å². The monoisotopic (exact) mass is 316 g/mol. The van der Waals surface area contributed by atoms with Crippen LogP contribution in [0.15, 0.2) is 60.1 Å². The summed E-state index contributed by atoms with van der Waals surface area (Å²) in [5.41, 5.74) is 4.36. The van der Waals surface area contributed by atoms with Crippen LogP contribution in [-0.2, 0) is 4.79 Å². The molecule has 0 unspecified atom stereocenters. The predicted octanol–water partition coefficient (Wildman–Crippen LogP) is 4.03. The Morgan fingerprint density at radius 2 is 1.96 bits per heavy atom. The Kier molecular flexibility index (Phi) is 4.13. The Morgan fingerprint density at radius 3 is 2.62 bits per heavy atom. The average molecular weight is 316 g/mol. The molecule has 24 heavy (non-hydrogen) atoms. The van der Waals surface area contributed by atoms with Crippen molar-refractivity contribution in [2.75, 3.05) is 5.32 Å². The van der Waals surface area contributed by atoms with Gasteiger partial charge in [0, 0.05) is 29.5 Å². The molecule has 0 atom stereocenters. The van der Waals surface area contributed by atoms with Crippen LogP contribution in [-0.4, -0.2) is 15.9 Å². The molecule has 0 fully saturated rings. The van der Waals surface area contributed by atoms with Crippen LogP contribution >= 0.6 is 0 Å². The molecule has 1 amide bonds. The molecular weight excluding hydrogens is 300 g/mol. The van der Waals surface area contributed by atoms with Gasteiger partial charge in [-0.05, 0) is 37.6 Å². The fourth-order valence-corrected chi connectivity index (χ4v) is 2.60. The van der Waals surface area contributed by atoms with Gasteiger partial charge in [-0.2, -0.15) is 5.26 Å². The highest BCUT2D eigenvalue weighted by atomic mass is 16.1. The molecule has 0 bridgehead atoms. The molecule has 0 aliphatic rings. The number of nitrogens with one attached hydrogen (secondary N) is 2. The molecule has 3 rings (SSSR count). The number of amides is 1. The average Bonchev–Trinajstić information content (AvgIpc) is 3.01. The number of H-pyrrole nitrogens is 1. The summed E-state index contributed by atoms with van der Waals surface area (Å²) in [7, 11) is 0. The SMILES string of the molecule is CC(C)=C(C#N)C(=O)Nc1cccc2c(-c3ccncc3)c[nH]c12. The summed E-state index contributed by atoms with van der Waals surface area (Å²) < 4.78 is 0. The molecule has 3 aromatic rings. The second kappa shape index (κ2) is 6.39. The van der Waals surface area contributed by atoms with E-state index >= 15 is 0 Å². The third kappa shape index (κ3) is 2.77. The molecule has 0 radical (unpaired) electrons. The summed E-state index contributed by atoms with van der Waals surface area (Å²) in [5.74, 6) is -0.398. The summed E-state index contributed by atoms with van der Waals surface area (Å²) in [4.78, 5) is 19.5. The number of rotatable bonds is 3. The topological polar surface area (TPSA) is 81.6 Å². The van der Waals surface area contributed by atoms with Gasteiger partial charge in [0.1, 0.15) is 11.6 Å². The maximum atomic E-state index is 12.3. The molecule has 0 saturated heterocycles. The maximum Gasteiger partial charge on any atom is 0.266 e. The Morgan fingerprint density at radius 1 is 1.21 bits per heavy atom. The first kappa shape index (κ1) is 15.5. The van der Waals surface area contributed by atoms with Gasteiger partial charge >= 0.3 is 0 Å². The first-order valence-corrected chi connectivity index (χ1v) is 7.51. The normalized spacial score (nSPS) is 10.2. The number of anilines is 1. The van der Waals surface area contributed by atoms with Crippen LogP contribution in [0, 0.1) is 11.3 Å². The van der Waals surface area contributed by atoms with Crippen molar-refractivity contribution in [2.24, 2.45) is 0 Å².